The summed E-state index contributed by atoms with van der Waals surface area (Å²) in [6, 6.07) is 24.6. The Morgan fingerprint density at radius 3 is 2.40 bits per heavy atom. The first-order chi connectivity index (χ1) is 14.7. The number of carbonyl (C=O) groups is 1. The second kappa shape index (κ2) is 8.66. The molecule has 3 aromatic carbocycles. The number of benzene rings is 3. The lowest BCUT2D eigenvalue weighted by molar-refractivity contribution is 0.0940. The fourth-order valence-corrected chi connectivity index (χ4v) is 3.25. The summed E-state index contributed by atoms with van der Waals surface area (Å²) in [6.45, 7) is 1.96. The third-order valence-corrected chi connectivity index (χ3v) is 4.93. The lowest BCUT2D eigenvalue weighted by Gasteiger charge is -2.15. The van der Waals surface area contributed by atoms with Crippen LogP contribution in [0.2, 0.25) is 0 Å². The molecular weight excluding hydrogens is 376 g/mol. The Labute approximate surface area is 175 Å². The van der Waals surface area contributed by atoms with Crippen molar-refractivity contribution in [3.05, 3.63) is 96.2 Å². The van der Waals surface area contributed by atoms with Crippen molar-refractivity contribution in [2.45, 2.75) is 13.0 Å². The van der Waals surface area contributed by atoms with Gasteiger partial charge in [0.1, 0.15) is 5.75 Å². The fourth-order valence-electron chi connectivity index (χ4n) is 3.25. The van der Waals surface area contributed by atoms with Gasteiger partial charge in [0.25, 0.3) is 5.91 Å². The van der Waals surface area contributed by atoms with Crippen LogP contribution in [-0.2, 0) is 0 Å². The van der Waals surface area contributed by atoms with Crippen LogP contribution in [0.15, 0.2) is 89.5 Å². The summed E-state index contributed by atoms with van der Waals surface area (Å²) < 4.78 is 11.2. The van der Waals surface area contributed by atoms with E-state index in [1.165, 1.54) is 0 Å². The molecule has 0 radical (unpaired) electrons. The van der Waals surface area contributed by atoms with E-state index in [1.54, 1.807) is 19.4 Å². The number of rotatable bonds is 6. The molecule has 1 aromatic heterocycles. The molecule has 4 rings (SSSR count). The van der Waals surface area contributed by atoms with E-state index in [2.05, 4.69) is 10.3 Å². The van der Waals surface area contributed by atoms with Crippen LogP contribution in [0.25, 0.3) is 22.8 Å². The van der Waals surface area contributed by atoms with Crippen LogP contribution in [-0.4, -0.2) is 18.0 Å². The van der Waals surface area contributed by atoms with Gasteiger partial charge >= 0.3 is 0 Å². The van der Waals surface area contributed by atoms with Gasteiger partial charge < -0.3 is 14.5 Å². The molecule has 0 unspecified atom stereocenters. The van der Waals surface area contributed by atoms with Gasteiger partial charge in [0, 0.05) is 11.1 Å². The third-order valence-electron chi connectivity index (χ3n) is 4.93. The number of ether oxygens (including phenoxy) is 1. The molecule has 30 heavy (non-hydrogen) atoms. The summed E-state index contributed by atoms with van der Waals surface area (Å²) in [5.41, 5.74) is 3.09. The minimum absolute atomic E-state index is 0.119. The molecule has 0 fully saturated rings. The largest absolute Gasteiger partial charge is 0.497 e. The van der Waals surface area contributed by atoms with Crippen molar-refractivity contribution in [3.63, 3.8) is 0 Å². The smallest absolute Gasteiger partial charge is 0.252 e. The first-order valence-corrected chi connectivity index (χ1v) is 9.71. The van der Waals surface area contributed by atoms with Gasteiger partial charge in [0.05, 0.1) is 24.9 Å². The van der Waals surface area contributed by atoms with Gasteiger partial charge in [-0.05, 0) is 48.9 Å². The minimum atomic E-state index is -0.175. The van der Waals surface area contributed by atoms with E-state index in [4.69, 9.17) is 9.15 Å². The SMILES string of the molecule is COc1ccc(-c2cnc(-c3ccccc3C(=O)N[C@H](C)c3ccccc3)o2)cc1. The molecule has 1 heterocycles. The molecular formula is C25H22N2O3. The van der Waals surface area contributed by atoms with Crippen molar-refractivity contribution in [2.75, 3.05) is 7.11 Å². The first-order valence-electron chi connectivity index (χ1n) is 9.71. The van der Waals surface area contributed by atoms with Gasteiger partial charge in [-0.15, -0.1) is 0 Å². The molecule has 0 aliphatic heterocycles. The number of methoxy groups -OCH3 is 1. The minimum Gasteiger partial charge on any atom is -0.497 e. The molecule has 150 valence electrons. The average molecular weight is 398 g/mol. The monoisotopic (exact) mass is 398 g/mol. The van der Waals surface area contributed by atoms with Crippen molar-refractivity contribution in [2.24, 2.45) is 0 Å². The van der Waals surface area contributed by atoms with Gasteiger partial charge in [0.2, 0.25) is 5.89 Å². The Morgan fingerprint density at radius 1 is 0.967 bits per heavy atom. The van der Waals surface area contributed by atoms with Crippen LogP contribution in [0, 0.1) is 0 Å². The van der Waals surface area contributed by atoms with Crippen molar-refractivity contribution in [1.82, 2.24) is 10.3 Å². The van der Waals surface area contributed by atoms with Crippen LogP contribution < -0.4 is 10.1 Å². The van der Waals surface area contributed by atoms with Crippen LogP contribution in [0.5, 0.6) is 5.75 Å². The zero-order valence-corrected chi connectivity index (χ0v) is 16.8. The number of oxazole rings is 1. The van der Waals surface area contributed by atoms with E-state index in [9.17, 15) is 4.79 Å². The van der Waals surface area contributed by atoms with E-state index < -0.39 is 0 Å². The van der Waals surface area contributed by atoms with Gasteiger partial charge in [-0.25, -0.2) is 4.98 Å². The van der Waals surface area contributed by atoms with E-state index in [0.717, 1.165) is 16.9 Å². The molecule has 4 aromatic rings. The molecule has 0 spiro atoms. The fraction of sp³-hybridized carbons (Fsp3) is 0.120. The van der Waals surface area contributed by atoms with Crippen molar-refractivity contribution in [3.8, 4) is 28.5 Å². The Balaban J connectivity index is 1.59. The number of hydrogen-bond donors (Lipinski definition) is 1. The van der Waals surface area contributed by atoms with Crippen molar-refractivity contribution >= 4 is 5.91 Å². The highest BCUT2D eigenvalue weighted by Crippen LogP contribution is 2.29. The number of nitrogens with one attached hydrogen (secondary N) is 1. The quantitative estimate of drug-likeness (QED) is 0.465. The van der Waals surface area contributed by atoms with E-state index in [1.807, 2.05) is 79.7 Å². The molecule has 5 nitrogen and oxygen atoms in total. The van der Waals surface area contributed by atoms with Gasteiger partial charge in [0.15, 0.2) is 5.76 Å². The normalized spacial score (nSPS) is 11.7. The van der Waals surface area contributed by atoms with Gasteiger partial charge in [-0.1, -0.05) is 42.5 Å². The maximum absolute atomic E-state index is 13.0. The molecule has 0 saturated heterocycles. The second-order valence-corrected chi connectivity index (χ2v) is 6.91. The molecule has 0 aliphatic rings. The highest BCUT2D eigenvalue weighted by Gasteiger charge is 2.18. The molecule has 1 amide bonds. The number of aromatic nitrogens is 1. The Kier molecular flexibility index (Phi) is 5.61. The van der Waals surface area contributed by atoms with Crippen LogP contribution >= 0.6 is 0 Å². The zero-order valence-electron chi connectivity index (χ0n) is 16.8. The number of carbonyl (C=O) groups excluding carboxylic acids is 1. The van der Waals surface area contributed by atoms with E-state index in [-0.39, 0.29) is 11.9 Å². The lowest BCUT2D eigenvalue weighted by Crippen LogP contribution is -2.27. The van der Waals surface area contributed by atoms with Crippen LogP contribution in [0.1, 0.15) is 28.9 Å². The Bertz CT molecular complexity index is 1130. The van der Waals surface area contributed by atoms with E-state index in [0.29, 0.717) is 22.8 Å². The zero-order chi connectivity index (χ0) is 20.9. The predicted octanol–water partition coefficient (Wildman–Crippen LogP) is 5.51. The maximum Gasteiger partial charge on any atom is 0.252 e. The maximum atomic E-state index is 13.0. The van der Waals surface area contributed by atoms with Crippen molar-refractivity contribution < 1.29 is 13.9 Å². The second-order valence-electron chi connectivity index (χ2n) is 6.91. The first kappa shape index (κ1) is 19.5. The number of nitrogens with zero attached hydrogens (tertiary/aromatic N) is 1. The highest BCUT2D eigenvalue weighted by molar-refractivity contribution is 6.00. The summed E-state index contributed by atoms with van der Waals surface area (Å²) in [5, 5.41) is 3.05. The molecule has 1 N–H and O–H groups in total. The molecule has 5 heteroatoms. The summed E-state index contributed by atoms with van der Waals surface area (Å²) >= 11 is 0. The highest BCUT2D eigenvalue weighted by atomic mass is 16.5. The summed E-state index contributed by atoms with van der Waals surface area (Å²) in [5.74, 6) is 1.62. The topological polar surface area (TPSA) is 64.4 Å². The molecule has 0 saturated carbocycles. The number of hydrogen-bond acceptors (Lipinski definition) is 4. The summed E-state index contributed by atoms with van der Waals surface area (Å²) in [7, 11) is 1.63. The standard InChI is InChI=1S/C25H22N2O3/c1-17(18-8-4-3-5-9-18)27-24(28)21-10-6-7-11-22(21)25-26-16-23(30-25)19-12-14-20(29-2)15-13-19/h3-17H,1-2H3,(H,27,28)/t17-/m1/s1. The Hall–Kier alpha value is -3.86. The average Bonchev–Trinajstić information content (AvgIpc) is 3.30. The van der Waals surface area contributed by atoms with E-state index >= 15 is 0 Å². The molecule has 0 aliphatic carbocycles. The molecule has 0 bridgehead atoms. The number of amides is 1. The molecule has 1 atom stereocenters. The van der Waals surface area contributed by atoms with Crippen molar-refractivity contribution in [1.29, 1.82) is 0 Å². The Morgan fingerprint density at radius 2 is 1.67 bits per heavy atom. The van der Waals surface area contributed by atoms with Gasteiger partial charge in [-0.3, -0.25) is 4.79 Å². The van der Waals surface area contributed by atoms with Crippen LogP contribution in [0.3, 0.4) is 0 Å². The predicted molar refractivity (Wildman–Crippen MR) is 116 cm³/mol. The lowest BCUT2D eigenvalue weighted by atomic mass is 10.0. The summed E-state index contributed by atoms with van der Waals surface area (Å²) in [4.78, 5) is 17.4. The van der Waals surface area contributed by atoms with Gasteiger partial charge in [-0.2, -0.15) is 0 Å². The summed E-state index contributed by atoms with van der Waals surface area (Å²) in [6.07, 6.45) is 1.67. The van der Waals surface area contributed by atoms with Crippen LogP contribution in [0.4, 0.5) is 0 Å². The third kappa shape index (κ3) is 4.10.